The maximum absolute atomic E-state index is 5.61. The molecule has 1 atom stereocenters. The van der Waals surface area contributed by atoms with Gasteiger partial charge in [-0.1, -0.05) is 0 Å². The van der Waals surface area contributed by atoms with Gasteiger partial charge in [-0.05, 0) is 46.1 Å². The van der Waals surface area contributed by atoms with Crippen molar-refractivity contribution in [2.75, 3.05) is 37.7 Å². The maximum Gasteiger partial charge on any atom is 0.221 e. The Bertz CT molecular complexity index is 480. The number of rotatable bonds is 3. The molecule has 2 aliphatic rings. The van der Waals surface area contributed by atoms with Crippen LogP contribution in [0.25, 0.3) is 0 Å². The number of ether oxygens (including phenoxy) is 1. The third-order valence-corrected chi connectivity index (χ3v) is 4.81. The monoisotopic (exact) mass is 290 g/mol. The first-order valence-corrected chi connectivity index (χ1v) is 8.14. The molecule has 2 saturated heterocycles. The molecule has 21 heavy (non-hydrogen) atoms. The van der Waals surface area contributed by atoms with Gasteiger partial charge < -0.3 is 15.0 Å². The van der Waals surface area contributed by atoms with Crippen molar-refractivity contribution in [2.45, 2.75) is 39.5 Å². The van der Waals surface area contributed by atoms with Gasteiger partial charge in [0.2, 0.25) is 5.88 Å². The minimum atomic E-state index is 0.430. The van der Waals surface area contributed by atoms with Crippen LogP contribution < -0.4 is 15.0 Å². The highest BCUT2D eigenvalue weighted by Gasteiger charge is 2.37. The van der Waals surface area contributed by atoms with E-state index < -0.39 is 0 Å². The van der Waals surface area contributed by atoms with Gasteiger partial charge in [-0.2, -0.15) is 0 Å². The Hall–Kier alpha value is -1.36. The Morgan fingerprint density at radius 1 is 1.33 bits per heavy atom. The van der Waals surface area contributed by atoms with Crippen molar-refractivity contribution < 1.29 is 4.74 Å². The van der Waals surface area contributed by atoms with Gasteiger partial charge in [0.15, 0.2) is 0 Å². The van der Waals surface area contributed by atoms with Crippen LogP contribution >= 0.6 is 0 Å². The van der Waals surface area contributed by atoms with Crippen molar-refractivity contribution in [3.63, 3.8) is 0 Å². The smallest absolute Gasteiger partial charge is 0.221 e. The molecule has 2 aliphatic heterocycles. The number of hydrogen-bond donors (Lipinski definition) is 1. The van der Waals surface area contributed by atoms with Crippen molar-refractivity contribution in [1.29, 1.82) is 0 Å². The van der Waals surface area contributed by atoms with Crippen LogP contribution in [-0.4, -0.2) is 42.8 Å². The SMILES string of the molecule is CCOc1ncnc(N2CCCC3(CCCNC3)C2)c1C. The summed E-state index contributed by atoms with van der Waals surface area (Å²) >= 11 is 0. The molecule has 0 amide bonds. The van der Waals surface area contributed by atoms with Crippen molar-refractivity contribution in [3.8, 4) is 5.88 Å². The summed E-state index contributed by atoms with van der Waals surface area (Å²) < 4.78 is 5.61. The fourth-order valence-corrected chi connectivity index (χ4v) is 3.79. The number of piperidine rings is 2. The highest BCUT2D eigenvalue weighted by atomic mass is 16.5. The lowest BCUT2D eigenvalue weighted by molar-refractivity contribution is 0.172. The summed E-state index contributed by atoms with van der Waals surface area (Å²) in [4.78, 5) is 11.2. The predicted octanol–water partition coefficient (Wildman–Crippen LogP) is 2.15. The van der Waals surface area contributed by atoms with Crippen LogP contribution in [0.4, 0.5) is 5.82 Å². The molecule has 0 bridgehead atoms. The summed E-state index contributed by atoms with van der Waals surface area (Å²) in [6, 6.07) is 0. The van der Waals surface area contributed by atoms with E-state index in [4.69, 9.17) is 4.74 Å². The zero-order valence-electron chi connectivity index (χ0n) is 13.2. The Labute approximate surface area is 127 Å². The molecular weight excluding hydrogens is 264 g/mol. The molecule has 2 fully saturated rings. The lowest BCUT2D eigenvalue weighted by atomic mass is 9.74. The zero-order valence-corrected chi connectivity index (χ0v) is 13.2. The van der Waals surface area contributed by atoms with E-state index in [0.717, 1.165) is 36.9 Å². The van der Waals surface area contributed by atoms with E-state index in [2.05, 4.69) is 27.1 Å². The van der Waals surface area contributed by atoms with Crippen molar-refractivity contribution in [2.24, 2.45) is 5.41 Å². The Morgan fingerprint density at radius 3 is 2.95 bits per heavy atom. The third kappa shape index (κ3) is 2.98. The summed E-state index contributed by atoms with van der Waals surface area (Å²) in [6.45, 7) is 9.21. The summed E-state index contributed by atoms with van der Waals surface area (Å²) in [5.41, 5.74) is 1.50. The van der Waals surface area contributed by atoms with Crippen LogP contribution in [0.5, 0.6) is 5.88 Å². The number of aromatic nitrogens is 2. The molecule has 116 valence electrons. The van der Waals surface area contributed by atoms with Gasteiger partial charge in [-0.3, -0.25) is 0 Å². The van der Waals surface area contributed by atoms with E-state index in [-0.39, 0.29) is 0 Å². The van der Waals surface area contributed by atoms with Crippen molar-refractivity contribution in [1.82, 2.24) is 15.3 Å². The molecule has 3 rings (SSSR count). The van der Waals surface area contributed by atoms with Crippen LogP contribution in [0.1, 0.15) is 38.2 Å². The lowest BCUT2D eigenvalue weighted by Crippen LogP contribution is -2.51. The minimum absolute atomic E-state index is 0.430. The fraction of sp³-hybridized carbons (Fsp3) is 0.750. The predicted molar refractivity (Wildman–Crippen MR) is 83.9 cm³/mol. The molecule has 5 nitrogen and oxygen atoms in total. The largest absolute Gasteiger partial charge is 0.478 e. The molecule has 0 aromatic carbocycles. The number of anilines is 1. The molecule has 1 spiro atoms. The second-order valence-corrected chi connectivity index (χ2v) is 6.37. The number of nitrogens with zero attached hydrogens (tertiary/aromatic N) is 3. The molecule has 1 aromatic rings. The first-order chi connectivity index (χ1) is 10.2. The van der Waals surface area contributed by atoms with Crippen molar-refractivity contribution in [3.05, 3.63) is 11.9 Å². The van der Waals surface area contributed by atoms with E-state index in [1.165, 1.54) is 32.2 Å². The van der Waals surface area contributed by atoms with Gasteiger partial charge in [0.1, 0.15) is 12.1 Å². The Kier molecular flexibility index (Phi) is 4.29. The van der Waals surface area contributed by atoms with Gasteiger partial charge in [-0.25, -0.2) is 9.97 Å². The van der Waals surface area contributed by atoms with Crippen LogP contribution in [0.15, 0.2) is 6.33 Å². The molecule has 5 heteroatoms. The van der Waals surface area contributed by atoms with Gasteiger partial charge in [0, 0.05) is 25.0 Å². The average molecular weight is 290 g/mol. The highest BCUT2D eigenvalue weighted by Crippen LogP contribution is 2.38. The summed E-state index contributed by atoms with van der Waals surface area (Å²) in [6.07, 6.45) is 6.83. The Morgan fingerprint density at radius 2 is 2.19 bits per heavy atom. The van der Waals surface area contributed by atoms with Gasteiger partial charge in [0.05, 0.1) is 12.2 Å². The van der Waals surface area contributed by atoms with Crippen LogP contribution in [0.2, 0.25) is 0 Å². The van der Waals surface area contributed by atoms with Crippen molar-refractivity contribution >= 4 is 5.82 Å². The topological polar surface area (TPSA) is 50.3 Å². The first-order valence-electron chi connectivity index (χ1n) is 8.14. The molecule has 0 radical (unpaired) electrons. The minimum Gasteiger partial charge on any atom is -0.478 e. The summed E-state index contributed by atoms with van der Waals surface area (Å²) in [5.74, 6) is 1.78. The van der Waals surface area contributed by atoms with E-state index in [9.17, 15) is 0 Å². The van der Waals surface area contributed by atoms with Crippen LogP contribution in [0.3, 0.4) is 0 Å². The first kappa shape index (κ1) is 14.6. The molecule has 3 heterocycles. The summed E-state index contributed by atoms with van der Waals surface area (Å²) in [7, 11) is 0. The number of hydrogen-bond acceptors (Lipinski definition) is 5. The quantitative estimate of drug-likeness (QED) is 0.924. The van der Waals surface area contributed by atoms with Crippen LogP contribution in [-0.2, 0) is 0 Å². The van der Waals surface area contributed by atoms with Gasteiger partial charge in [0.25, 0.3) is 0 Å². The average Bonchev–Trinajstić information content (AvgIpc) is 2.50. The highest BCUT2D eigenvalue weighted by molar-refractivity contribution is 5.50. The van der Waals surface area contributed by atoms with Crippen LogP contribution in [0, 0.1) is 12.3 Å². The molecule has 0 saturated carbocycles. The lowest BCUT2D eigenvalue weighted by Gasteiger charge is -2.46. The van der Waals surface area contributed by atoms with E-state index in [0.29, 0.717) is 12.0 Å². The molecule has 1 N–H and O–H groups in total. The third-order valence-electron chi connectivity index (χ3n) is 4.81. The zero-order chi connectivity index (χ0) is 14.7. The maximum atomic E-state index is 5.61. The molecule has 1 unspecified atom stereocenters. The number of nitrogens with one attached hydrogen (secondary N) is 1. The standard InChI is InChI=1S/C16H26N4O/c1-3-21-15-13(2)14(18-12-19-15)20-9-5-7-16(11-20)6-4-8-17-10-16/h12,17H,3-11H2,1-2H3. The molecular formula is C16H26N4O. The van der Waals surface area contributed by atoms with E-state index >= 15 is 0 Å². The molecule has 0 aliphatic carbocycles. The fourth-order valence-electron chi connectivity index (χ4n) is 3.79. The van der Waals surface area contributed by atoms with E-state index in [1.54, 1.807) is 6.33 Å². The second kappa shape index (κ2) is 6.18. The normalized spacial score (nSPS) is 26.1. The van der Waals surface area contributed by atoms with Gasteiger partial charge >= 0.3 is 0 Å². The summed E-state index contributed by atoms with van der Waals surface area (Å²) in [5, 5.41) is 3.58. The van der Waals surface area contributed by atoms with E-state index in [1.807, 2.05) is 6.92 Å². The van der Waals surface area contributed by atoms with Gasteiger partial charge in [-0.15, -0.1) is 0 Å². The Balaban J connectivity index is 1.81. The molecule has 1 aromatic heterocycles. The second-order valence-electron chi connectivity index (χ2n) is 6.37.